The number of nitrogens with zero attached hydrogens (tertiary/aromatic N) is 2. The van der Waals surface area contributed by atoms with Gasteiger partial charge in [-0.15, -0.1) is 0 Å². The van der Waals surface area contributed by atoms with E-state index in [1.54, 1.807) is 29.1 Å². The van der Waals surface area contributed by atoms with Crippen molar-refractivity contribution in [2.75, 3.05) is 6.61 Å². The molecule has 3 aliphatic rings. The van der Waals surface area contributed by atoms with Crippen LogP contribution in [0.5, 0.6) is 0 Å². The van der Waals surface area contributed by atoms with Crippen molar-refractivity contribution < 1.29 is 24.5 Å². The fourth-order valence-corrected chi connectivity index (χ4v) is 5.56. The molecule has 7 heteroatoms. The number of ether oxygens (including phenoxy) is 2. The first-order valence-corrected chi connectivity index (χ1v) is 12.0. The second-order valence-corrected chi connectivity index (χ2v) is 10.4. The van der Waals surface area contributed by atoms with E-state index in [0.29, 0.717) is 29.5 Å². The number of imidazole rings is 1. The molecule has 4 rings (SSSR count). The molecule has 2 N–H and O–H groups in total. The van der Waals surface area contributed by atoms with Crippen LogP contribution >= 0.6 is 0 Å². The zero-order valence-corrected chi connectivity index (χ0v) is 20.6. The molecule has 0 spiro atoms. The van der Waals surface area contributed by atoms with Crippen LogP contribution in [0.3, 0.4) is 0 Å². The number of aliphatic hydroxyl groups is 2. The van der Waals surface area contributed by atoms with Crippen molar-refractivity contribution in [1.82, 2.24) is 9.55 Å². The van der Waals surface area contributed by atoms with E-state index in [2.05, 4.69) is 31.8 Å². The molecule has 6 atom stereocenters. The molecular weight excluding hydrogens is 432 g/mol. The number of esters is 1. The average Bonchev–Trinajstić information content (AvgIpc) is 3.35. The SMILES string of the molecule is CC1=CCC(C(C)C)C2C=C(CO)C3(O)C=CC(C)(O3)C(OC(=O)C=Cc3cn(C)cn3)CC12. The van der Waals surface area contributed by atoms with Crippen LogP contribution in [-0.2, 0) is 21.3 Å². The molecule has 0 saturated carbocycles. The molecule has 1 aromatic rings. The van der Waals surface area contributed by atoms with Gasteiger partial charge in [0.15, 0.2) is 0 Å². The lowest BCUT2D eigenvalue weighted by Crippen LogP contribution is -2.47. The van der Waals surface area contributed by atoms with Gasteiger partial charge in [0, 0.05) is 24.9 Å². The van der Waals surface area contributed by atoms with Gasteiger partial charge in [-0.25, -0.2) is 9.78 Å². The first kappa shape index (κ1) is 24.6. The Balaban J connectivity index is 1.69. The van der Waals surface area contributed by atoms with Crippen LogP contribution in [0.15, 0.2) is 54.1 Å². The third kappa shape index (κ3) is 4.69. The number of carbonyl (C=O) groups is 1. The Morgan fingerprint density at radius 2 is 2.18 bits per heavy atom. The fourth-order valence-electron chi connectivity index (χ4n) is 5.56. The van der Waals surface area contributed by atoms with Gasteiger partial charge in [0.25, 0.3) is 0 Å². The number of fused-ring (bicyclic) bond motifs is 3. The maximum Gasteiger partial charge on any atom is 0.331 e. The van der Waals surface area contributed by atoms with E-state index >= 15 is 0 Å². The number of rotatable bonds is 5. The second-order valence-electron chi connectivity index (χ2n) is 10.4. The van der Waals surface area contributed by atoms with E-state index in [-0.39, 0.29) is 18.4 Å². The Morgan fingerprint density at radius 1 is 1.41 bits per heavy atom. The van der Waals surface area contributed by atoms with Crippen molar-refractivity contribution in [3.63, 3.8) is 0 Å². The Bertz CT molecular complexity index is 1050. The molecule has 2 aliphatic heterocycles. The first-order valence-electron chi connectivity index (χ1n) is 12.0. The molecule has 0 fully saturated rings. The van der Waals surface area contributed by atoms with E-state index < -0.39 is 23.5 Å². The summed E-state index contributed by atoms with van der Waals surface area (Å²) in [6.45, 7) is 8.02. The third-order valence-electron chi connectivity index (χ3n) is 7.63. The molecule has 7 nitrogen and oxygen atoms in total. The largest absolute Gasteiger partial charge is 0.456 e. The number of carbonyl (C=O) groups excluding carboxylic acids is 1. The molecular formula is C27H36N2O5. The van der Waals surface area contributed by atoms with E-state index in [0.717, 1.165) is 6.42 Å². The van der Waals surface area contributed by atoms with Gasteiger partial charge in [-0.1, -0.05) is 31.6 Å². The van der Waals surface area contributed by atoms with E-state index in [1.807, 2.05) is 26.2 Å². The van der Waals surface area contributed by atoms with E-state index in [1.165, 1.54) is 11.6 Å². The van der Waals surface area contributed by atoms with Crippen molar-refractivity contribution in [2.45, 2.75) is 58.0 Å². The minimum absolute atomic E-state index is 0.0846. The lowest BCUT2D eigenvalue weighted by Gasteiger charge is -2.41. The quantitative estimate of drug-likeness (QED) is 0.390. The Kier molecular flexibility index (Phi) is 6.73. The van der Waals surface area contributed by atoms with Crippen LogP contribution in [0.2, 0.25) is 0 Å². The highest BCUT2D eigenvalue weighted by molar-refractivity contribution is 5.86. The number of allylic oxidation sites excluding steroid dienone is 3. The molecule has 0 radical (unpaired) electrons. The van der Waals surface area contributed by atoms with Crippen LogP contribution in [-0.4, -0.2) is 49.8 Å². The van der Waals surface area contributed by atoms with E-state index in [9.17, 15) is 15.0 Å². The number of hydrogen-bond donors (Lipinski definition) is 2. The normalized spacial score (nSPS) is 35.4. The summed E-state index contributed by atoms with van der Waals surface area (Å²) >= 11 is 0. The van der Waals surface area contributed by atoms with Crippen molar-refractivity contribution in [3.8, 4) is 0 Å². The topological polar surface area (TPSA) is 93.8 Å². The van der Waals surface area contributed by atoms with Gasteiger partial charge in [0.05, 0.1) is 18.6 Å². The summed E-state index contributed by atoms with van der Waals surface area (Å²) in [6.07, 6.45) is 14.9. The highest BCUT2D eigenvalue weighted by atomic mass is 16.7. The maximum atomic E-state index is 12.9. The Hall–Kier alpha value is -2.48. The summed E-state index contributed by atoms with van der Waals surface area (Å²) in [4.78, 5) is 17.1. The first-order chi connectivity index (χ1) is 16.0. The lowest BCUT2D eigenvalue weighted by molar-refractivity contribution is -0.216. The van der Waals surface area contributed by atoms with Crippen molar-refractivity contribution in [1.29, 1.82) is 0 Å². The van der Waals surface area contributed by atoms with Gasteiger partial charge in [-0.05, 0) is 68.6 Å². The molecule has 1 aliphatic carbocycles. The summed E-state index contributed by atoms with van der Waals surface area (Å²) in [7, 11) is 1.86. The van der Waals surface area contributed by atoms with Crippen molar-refractivity contribution in [3.05, 3.63) is 59.7 Å². The zero-order valence-electron chi connectivity index (χ0n) is 20.6. The molecule has 34 heavy (non-hydrogen) atoms. The molecule has 2 bridgehead atoms. The second kappa shape index (κ2) is 9.29. The lowest BCUT2D eigenvalue weighted by atomic mass is 9.65. The van der Waals surface area contributed by atoms with Gasteiger partial charge in [0.1, 0.15) is 11.7 Å². The van der Waals surface area contributed by atoms with Crippen molar-refractivity contribution in [2.24, 2.45) is 30.7 Å². The molecule has 0 saturated heterocycles. The zero-order chi connectivity index (χ0) is 24.7. The number of aliphatic hydroxyl groups excluding tert-OH is 1. The summed E-state index contributed by atoms with van der Waals surface area (Å²) in [5.74, 6) is -1.29. The van der Waals surface area contributed by atoms with Crippen LogP contribution in [0.25, 0.3) is 6.08 Å². The predicted octanol–water partition coefficient (Wildman–Crippen LogP) is 3.56. The third-order valence-corrected chi connectivity index (χ3v) is 7.63. The van der Waals surface area contributed by atoms with Gasteiger partial charge in [-0.3, -0.25) is 0 Å². The van der Waals surface area contributed by atoms with E-state index in [4.69, 9.17) is 9.47 Å². The van der Waals surface area contributed by atoms with Crippen LogP contribution in [0, 0.1) is 23.7 Å². The minimum atomic E-state index is -1.73. The molecule has 184 valence electrons. The van der Waals surface area contributed by atoms with Crippen molar-refractivity contribution >= 4 is 12.0 Å². The molecule has 0 amide bonds. The molecule has 1 aromatic heterocycles. The van der Waals surface area contributed by atoms with Gasteiger partial charge in [0.2, 0.25) is 5.79 Å². The Labute approximate surface area is 201 Å². The van der Waals surface area contributed by atoms with Crippen LogP contribution in [0.4, 0.5) is 0 Å². The molecule has 6 unspecified atom stereocenters. The maximum absolute atomic E-state index is 12.9. The average molecular weight is 469 g/mol. The van der Waals surface area contributed by atoms with Gasteiger partial charge in [-0.2, -0.15) is 0 Å². The summed E-state index contributed by atoms with van der Waals surface area (Å²) in [5, 5.41) is 21.5. The standard InChI is InChI=1S/C27H36N2O5/c1-17(2)21-8-6-18(3)22-13-24(33-25(31)9-7-20-14-29(5)16-28-20)26(4)10-11-27(32,34-26)19(15-30)12-23(21)22/h6-7,9-12,14,16-17,21-24,30,32H,8,13,15H2,1-5H3. The van der Waals surface area contributed by atoms with Gasteiger partial charge < -0.3 is 24.3 Å². The summed E-state index contributed by atoms with van der Waals surface area (Å²) < 4.78 is 14.0. The summed E-state index contributed by atoms with van der Waals surface area (Å²) in [6, 6.07) is 0. The molecule has 0 aromatic carbocycles. The Morgan fingerprint density at radius 3 is 2.82 bits per heavy atom. The monoisotopic (exact) mass is 468 g/mol. The molecule has 3 heterocycles. The smallest absolute Gasteiger partial charge is 0.331 e. The van der Waals surface area contributed by atoms with Crippen LogP contribution in [0.1, 0.15) is 46.2 Å². The fraction of sp³-hybridized carbons (Fsp3) is 0.556. The number of hydrogen-bond acceptors (Lipinski definition) is 6. The predicted molar refractivity (Wildman–Crippen MR) is 129 cm³/mol. The minimum Gasteiger partial charge on any atom is -0.456 e. The highest BCUT2D eigenvalue weighted by Gasteiger charge is 2.52. The summed E-state index contributed by atoms with van der Waals surface area (Å²) in [5.41, 5.74) is 1.29. The highest BCUT2D eigenvalue weighted by Crippen LogP contribution is 2.48. The number of aromatic nitrogens is 2. The van der Waals surface area contributed by atoms with Crippen LogP contribution < -0.4 is 0 Å². The number of aryl methyl sites for hydroxylation is 1. The van der Waals surface area contributed by atoms with Gasteiger partial charge >= 0.3 is 5.97 Å².